The summed E-state index contributed by atoms with van der Waals surface area (Å²) in [5.41, 5.74) is 0. The Labute approximate surface area is 141 Å². The molecule has 1 N–H and O–H groups in total. The van der Waals surface area contributed by atoms with Gasteiger partial charge >= 0.3 is 0 Å². The summed E-state index contributed by atoms with van der Waals surface area (Å²) in [7, 11) is 2.08. The monoisotopic (exact) mass is 325 g/mol. The van der Waals surface area contributed by atoms with Gasteiger partial charge in [0.2, 0.25) is 0 Å². The molecular weight excluding hydrogens is 290 g/mol. The molecule has 5 heteroatoms. The number of hydrogen-bond acceptors (Lipinski definition) is 3. The molecular formula is C18H35N3O2. The summed E-state index contributed by atoms with van der Waals surface area (Å²) in [4.78, 5) is 6.86. The third kappa shape index (κ3) is 8.02. The molecule has 5 nitrogen and oxygen atoms in total. The number of nitrogens with one attached hydrogen (secondary N) is 1. The average Bonchev–Trinajstić information content (AvgIpc) is 3.23. The number of likely N-dealkylation sites (N-methyl/N-ethyl adjacent to an activating group) is 1. The molecule has 0 aromatic rings. The van der Waals surface area contributed by atoms with Crippen molar-refractivity contribution in [1.82, 2.24) is 10.2 Å². The maximum atomic E-state index is 5.89. The smallest absolute Gasteiger partial charge is 0.193 e. The van der Waals surface area contributed by atoms with Crippen LogP contribution in [0.15, 0.2) is 4.99 Å². The Morgan fingerprint density at radius 1 is 1.17 bits per heavy atom. The van der Waals surface area contributed by atoms with Crippen molar-refractivity contribution in [3.63, 3.8) is 0 Å². The molecule has 0 saturated heterocycles. The van der Waals surface area contributed by atoms with E-state index in [2.05, 4.69) is 24.2 Å². The van der Waals surface area contributed by atoms with E-state index in [1.54, 1.807) is 0 Å². The topological polar surface area (TPSA) is 46.1 Å². The third-order valence-electron chi connectivity index (χ3n) is 4.54. The lowest BCUT2D eigenvalue weighted by Crippen LogP contribution is -2.40. The standard InChI is InChI=1S/C18H35N3O2/c1-3-19-18(21(2)12-14-22-15-16-9-10-16)20-11-6-13-23-17-7-4-5-8-17/h16-17H,3-15H2,1-2H3,(H,19,20). The number of nitrogens with zero attached hydrogens (tertiary/aromatic N) is 2. The van der Waals surface area contributed by atoms with Crippen LogP contribution < -0.4 is 5.32 Å². The second kappa shape index (κ2) is 10.9. The summed E-state index contributed by atoms with van der Waals surface area (Å²) in [5, 5.41) is 3.36. The van der Waals surface area contributed by atoms with Crippen LogP contribution in [0.2, 0.25) is 0 Å². The highest BCUT2D eigenvalue weighted by molar-refractivity contribution is 5.79. The van der Waals surface area contributed by atoms with Crippen LogP contribution in [0.3, 0.4) is 0 Å². The van der Waals surface area contributed by atoms with Crippen molar-refractivity contribution in [3.05, 3.63) is 0 Å². The van der Waals surface area contributed by atoms with Gasteiger partial charge in [-0.1, -0.05) is 12.8 Å². The van der Waals surface area contributed by atoms with Crippen molar-refractivity contribution in [1.29, 1.82) is 0 Å². The van der Waals surface area contributed by atoms with Crippen LogP contribution in [0.4, 0.5) is 0 Å². The number of aliphatic imine (C=N–C) groups is 1. The van der Waals surface area contributed by atoms with E-state index in [0.29, 0.717) is 6.10 Å². The number of rotatable bonds is 11. The third-order valence-corrected chi connectivity index (χ3v) is 4.54. The maximum absolute atomic E-state index is 5.89. The van der Waals surface area contributed by atoms with E-state index in [1.165, 1.54) is 38.5 Å². The summed E-state index contributed by atoms with van der Waals surface area (Å²) in [6.45, 7) is 7.25. The summed E-state index contributed by atoms with van der Waals surface area (Å²) in [6.07, 6.45) is 9.37. The van der Waals surface area contributed by atoms with Crippen LogP contribution in [-0.2, 0) is 9.47 Å². The van der Waals surface area contributed by atoms with Gasteiger partial charge in [0.25, 0.3) is 0 Å². The van der Waals surface area contributed by atoms with E-state index in [9.17, 15) is 0 Å². The van der Waals surface area contributed by atoms with Crippen LogP contribution >= 0.6 is 0 Å². The van der Waals surface area contributed by atoms with E-state index < -0.39 is 0 Å². The van der Waals surface area contributed by atoms with Crippen molar-refractivity contribution in [2.24, 2.45) is 10.9 Å². The fraction of sp³-hybridized carbons (Fsp3) is 0.944. The lowest BCUT2D eigenvalue weighted by molar-refractivity contribution is 0.0579. The Bertz CT molecular complexity index is 339. The summed E-state index contributed by atoms with van der Waals surface area (Å²) in [6, 6.07) is 0. The van der Waals surface area contributed by atoms with Crippen molar-refractivity contribution in [3.8, 4) is 0 Å². The molecule has 0 aromatic carbocycles. The van der Waals surface area contributed by atoms with Gasteiger partial charge in [-0.15, -0.1) is 0 Å². The molecule has 0 aliphatic heterocycles. The zero-order valence-corrected chi connectivity index (χ0v) is 15.1. The van der Waals surface area contributed by atoms with Gasteiger partial charge in [0.05, 0.1) is 12.7 Å². The van der Waals surface area contributed by atoms with E-state index in [-0.39, 0.29) is 0 Å². The van der Waals surface area contributed by atoms with Gasteiger partial charge in [0.15, 0.2) is 5.96 Å². The molecule has 23 heavy (non-hydrogen) atoms. The molecule has 134 valence electrons. The van der Waals surface area contributed by atoms with E-state index >= 15 is 0 Å². The minimum Gasteiger partial charge on any atom is -0.379 e. The predicted molar refractivity (Wildman–Crippen MR) is 95.0 cm³/mol. The molecule has 2 rings (SSSR count). The molecule has 0 amide bonds. The Kier molecular flexibility index (Phi) is 8.76. The van der Waals surface area contributed by atoms with Crippen LogP contribution in [0, 0.1) is 5.92 Å². The van der Waals surface area contributed by atoms with Gasteiger partial charge in [-0.25, -0.2) is 0 Å². The first-order valence-corrected chi connectivity index (χ1v) is 9.48. The van der Waals surface area contributed by atoms with Gasteiger partial charge < -0.3 is 19.7 Å². The minimum atomic E-state index is 0.513. The fourth-order valence-electron chi connectivity index (χ4n) is 2.87. The largest absolute Gasteiger partial charge is 0.379 e. The zero-order valence-electron chi connectivity index (χ0n) is 15.1. The number of ether oxygens (including phenoxy) is 2. The minimum absolute atomic E-state index is 0.513. The lowest BCUT2D eigenvalue weighted by atomic mass is 10.3. The van der Waals surface area contributed by atoms with Crippen LogP contribution in [0.1, 0.15) is 51.9 Å². The van der Waals surface area contributed by atoms with Crippen LogP contribution in [0.25, 0.3) is 0 Å². The maximum Gasteiger partial charge on any atom is 0.193 e. The van der Waals surface area contributed by atoms with Gasteiger partial charge in [0, 0.05) is 39.9 Å². The predicted octanol–water partition coefficient (Wildman–Crippen LogP) is 2.66. The normalized spacial score (nSPS) is 19.3. The van der Waals surface area contributed by atoms with Gasteiger partial charge in [-0.2, -0.15) is 0 Å². The lowest BCUT2D eigenvalue weighted by Gasteiger charge is -2.22. The molecule has 0 unspecified atom stereocenters. The second-order valence-corrected chi connectivity index (χ2v) is 6.81. The molecule has 0 spiro atoms. The molecule has 0 heterocycles. The zero-order chi connectivity index (χ0) is 16.3. The van der Waals surface area contributed by atoms with Crippen molar-refractivity contribution < 1.29 is 9.47 Å². The Hall–Kier alpha value is -0.810. The Morgan fingerprint density at radius 3 is 2.65 bits per heavy atom. The molecule has 0 radical (unpaired) electrons. The SMILES string of the molecule is CCNC(=NCCCOC1CCCC1)N(C)CCOCC1CC1. The van der Waals surface area contributed by atoms with E-state index in [1.807, 2.05) is 0 Å². The Morgan fingerprint density at radius 2 is 1.96 bits per heavy atom. The number of hydrogen-bond donors (Lipinski definition) is 1. The summed E-state index contributed by atoms with van der Waals surface area (Å²) in [5.74, 6) is 1.81. The quantitative estimate of drug-likeness (QED) is 0.360. The highest BCUT2D eigenvalue weighted by atomic mass is 16.5. The first-order chi connectivity index (χ1) is 11.3. The van der Waals surface area contributed by atoms with Gasteiger partial charge in [-0.3, -0.25) is 4.99 Å². The van der Waals surface area contributed by atoms with Crippen molar-refractivity contribution >= 4 is 5.96 Å². The van der Waals surface area contributed by atoms with Crippen LogP contribution in [0.5, 0.6) is 0 Å². The molecule has 2 fully saturated rings. The average molecular weight is 325 g/mol. The van der Waals surface area contributed by atoms with Gasteiger partial charge in [0.1, 0.15) is 0 Å². The number of guanidine groups is 1. The molecule has 2 aliphatic carbocycles. The fourth-order valence-corrected chi connectivity index (χ4v) is 2.87. The molecule has 0 bridgehead atoms. The van der Waals surface area contributed by atoms with Crippen molar-refractivity contribution in [2.45, 2.75) is 58.0 Å². The molecule has 2 aliphatic rings. The first-order valence-electron chi connectivity index (χ1n) is 9.48. The molecule has 0 atom stereocenters. The molecule has 2 saturated carbocycles. The molecule has 0 aromatic heterocycles. The van der Waals surface area contributed by atoms with E-state index in [4.69, 9.17) is 14.5 Å². The first kappa shape index (κ1) is 18.5. The summed E-state index contributed by atoms with van der Waals surface area (Å²) < 4.78 is 11.6. The summed E-state index contributed by atoms with van der Waals surface area (Å²) >= 11 is 0. The van der Waals surface area contributed by atoms with Crippen LogP contribution in [-0.4, -0.2) is 63.5 Å². The second-order valence-electron chi connectivity index (χ2n) is 6.81. The van der Waals surface area contributed by atoms with Crippen molar-refractivity contribution in [2.75, 3.05) is 46.5 Å². The Balaban J connectivity index is 1.57. The highest BCUT2D eigenvalue weighted by Gasteiger charge is 2.21. The van der Waals surface area contributed by atoms with E-state index in [0.717, 1.165) is 57.8 Å². The van der Waals surface area contributed by atoms with Gasteiger partial charge in [-0.05, 0) is 44.9 Å². The highest BCUT2D eigenvalue weighted by Crippen LogP contribution is 2.28.